The van der Waals surface area contributed by atoms with Crippen LogP contribution in [0.5, 0.6) is 0 Å². The number of thioether (sulfide) groups is 1. The van der Waals surface area contributed by atoms with Gasteiger partial charge in [0.1, 0.15) is 0 Å². The van der Waals surface area contributed by atoms with Crippen molar-refractivity contribution in [2.24, 2.45) is 5.92 Å². The molecule has 0 atom stereocenters. The van der Waals surface area contributed by atoms with Crippen LogP contribution in [0.4, 0.5) is 5.69 Å². The molecule has 118 valence electrons. The Hall–Kier alpha value is -1.60. The van der Waals surface area contributed by atoms with E-state index in [1.807, 2.05) is 19.1 Å². The maximum atomic E-state index is 12.0. The molecule has 2 aromatic rings. The molecule has 0 bridgehead atoms. The minimum absolute atomic E-state index is 0.121. The number of halogens is 1. The number of hydrogen-bond donors (Lipinski definition) is 1. The minimum Gasteiger partial charge on any atom is -0.325 e. The van der Waals surface area contributed by atoms with E-state index in [0.717, 1.165) is 12.1 Å². The van der Waals surface area contributed by atoms with Crippen molar-refractivity contribution in [3.05, 3.63) is 28.8 Å². The zero-order chi connectivity index (χ0) is 16.1. The number of amides is 1. The first-order valence-electron chi connectivity index (χ1n) is 6.90. The average Bonchev–Trinajstić information content (AvgIpc) is 2.87. The predicted molar refractivity (Wildman–Crippen MR) is 88.2 cm³/mol. The van der Waals surface area contributed by atoms with Crippen molar-refractivity contribution in [2.75, 3.05) is 11.1 Å². The normalized spacial score (nSPS) is 11.0. The molecule has 1 amide bonds. The number of aromatic nitrogens is 4. The van der Waals surface area contributed by atoms with Gasteiger partial charge in [-0.15, -0.1) is 5.10 Å². The van der Waals surface area contributed by atoms with Crippen molar-refractivity contribution in [3.63, 3.8) is 0 Å². The Kier molecular flexibility index (Phi) is 5.79. The average molecular weight is 340 g/mol. The first kappa shape index (κ1) is 16.8. The van der Waals surface area contributed by atoms with Crippen LogP contribution < -0.4 is 5.32 Å². The number of benzene rings is 1. The number of nitrogens with one attached hydrogen (secondary N) is 1. The number of rotatable bonds is 6. The van der Waals surface area contributed by atoms with Gasteiger partial charge in [-0.3, -0.25) is 4.79 Å². The topological polar surface area (TPSA) is 72.7 Å². The van der Waals surface area contributed by atoms with Crippen LogP contribution in [0.25, 0.3) is 0 Å². The largest absolute Gasteiger partial charge is 0.325 e. The molecule has 1 N–H and O–H groups in total. The van der Waals surface area contributed by atoms with E-state index in [1.54, 1.807) is 10.7 Å². The molecule has 0 unspecified atom stereocenters. The summed E-state index contributed by atoms with van der Waals surface area (Å²) in [5, 5.41) is 15.6. The molecule has 0 saturated heterocycles. The maximum Gasteiger partial charge on any atom is 0.234 e. The zero-order valence-electron chi connectivity index (χ0n) is 12.7. The molecule has 0 saturated carbocycles. The van der Waals surface area contributed by atoms with Crippen LogP contribution in [0.2, 0.25) is 5.02 Å². The Labute approximate surface area is 138 Å². The van der Waals surface area contributed by atoms with E-state index in [4.69, 9.17) is 11.6 Å². The summed E-state index contributed by atoms with van der Waals surface area (Å²) in [6.07, 6.45) is 0. The summed E-state index contributed by atoms with van der Waals surface area (Å²) in [4.78, 5) is 12.0. The highest BCUT2D eigenvalue weighted by molar-refractivity contribution is 7.99. The van der Waals surface area contributed by atoms with Gasteiger partial charge in [-0.2, -0.15) is 0 Å². The van der Waals surface area contributed by atoms with E-state index in [-0.39, 0.29) is 11.7 Å². The quantitative estimate of drug-likeness (QED) is 0.819. The Morgan fingerprint density at radius 2 is 2.23 bits per heavy atom. The highest BCUT2D eigenvalue weighted by Gasteiger charge is 2.11. The molecule has 1 aromatic heterocycles. The van der Waals surface area contributed by atoms with Gasteiger partial charge in [-0.25, -0.2) is 4.68 Å². The van der Waals surface area contributed by atoms with Crippen molar-refractivity contribution in [1.29, 1.82) is 0 Å². The third-order valence-electron chi connectivity index (χ3n) is 2.83. The van der Waals surface area contributed by atoms with Gasteiger partial charge in [-0.1, -0.05) is 43.3 Å². The Morgan fingerprint density at radius 3 is 2.91 bits per heavy atom. The molecule has 0 radical (unpaired) electrons. The Balaban J connectivity index is 1.90. The fraction of sp³-hybridized carbons (Fsp3) is 0.429. The van der Waals surface area contributed by atoms with Crippen LogP contribution in [0.1, 0.15) is 19.4 Å². The molecular weight excluding hydrogens is 322 g/mol. The molecule has 0 aliphatic heterocycles. The number of carbonyl (C=O) groups excluding carboxylic acids is 1. The van der Waals surface area contributed by atoms with Crippen molar-refractivity contribution < 1.29 is 4.79 Å². The number of aryl methyl sites for hydroxylation is 1. The van der Waals surface area contributed by atoms with Gasteiger partial charge in [0.05, 0.1) is 5.75 Å². The van der Waals surface area contributed by atoms with Crippen LogP contribution in [0, 0.1) is 12.8 Å². The molecule has 0 aliphatic rings. The standard InChI is InChI=1S/C14H18ClN5OS/c1-9(2)7-20-14(17-18-19-20)22-8-13(21)16-11-5-4-10(3)12(15)6-11/h4-6,9H,7-8H2,1-3H3,(H,16,21). The summed E-state index contributed by atoms with van der Waals surface area (Å²) in [5.74, 6) is 0.555. The second kappa shape index (κ2) is 7.60. The van der Waals surface area contributed by atoms with Crippen molar-refractivity contribution >= 4 is 35.0 Å². The van der Waals surface area contributed by atoms with E-state index >= 15 is 0 Å². The summed E-state index contributed by atoms with van der Waals surface area (Å²) >= 11 is 7.35. The number of tetrazole rings is 1. The summed E-state index contributed by atoms with van der Waals surface area (Å²) in [5.41, 5.74) is 1.66. The first-order valence-corrected chi connectivity index (χ1v) is 8.27. The summed E-state index contributed by atoms with van der Waals surface area (Å²) < 4.78 is 1.71. The molecule has 6 nitrogen and oxygen atoms in total. The second-order valence-electron chi connectivity index (χ2n) is 5.34. The van der Waals surface area contributed by atoms with Gasteiger partial charge in [0.25, 0.3) is 0 Å². The van der Waals surface area contributed by atoms with Crippen LogP contribution in [-0.4, -0.2) is 31.9 Å². The van der Waals surface area contributed by atoms with E-state index in [9.17, 15) is 4.79 Å². The summed E-state index contributed by atoms with van der Waals surface area (Å²) in [6.45, 7) is 6.82. The van der Waals surface area contributed by atoms with Gasteiger partial charge < -0.3 is 5.32 Å². The lowest BCUT2D eigenvalue weighted by atomic mass is 10.2. The van der Waals surface area contributed by atoms with Crippen molar-refractivity contribution in [1.82, 2.24) is 20.2 Å². The maximum absolute atomic E-state index is 12.0. The van der Waals surface area contributed by atoms with Crippen LogP contribution in [0.3, 0.4) is 0 Å². The predicted octanol–water partition coefficient (Wildman–Crippen LogP) is 3.02. The van der Waals surface area contributed by atoms with Crippen LogP contribution in [-0.2, 0) is 11.3 Å². The smallest absolute Gasteiger partial charge is 0.234 e. The highest BCUT2D eigenvalue weighted by Crippen LogP contribution is 2.21. The molecule has 1 heterocycles. The third kappa shape index (κ3) is 4.71. The van der Waals surface area contributed by atoms with Gasteiger partial charge in [0.2, 0.25) is 11.1 Å². The minimum atomic E-state index is -0.121. The molecule has 22 heavy (non-hydrogen) atoms. The van der Waals surface area contributed by atoms with Gasteiger partial charge in [-0.05, 0) is 41.0 Å². The number of nitrogens with zero attached hydrogens (tertiary/aromatic N) is 4. The number of hydrogen-bond acceptors (Lipinski definition) is 5. The molecule has 0 aliphatic carbocycles. The highest BCUT2D eigenvalue weighted by atomic mass is 35.5. The van der Waals surface area contributed by atoms with E-state index in [1.165, 1.54) is 11.8 Å². The Bertz CT molecular complexity index is 658. The lowest BCUT2D eigenvalue weighted by molar-refractivity contribution is -0.113. The SMILES string of the molecule is Cc1ccc(NC(=O)CSc2nnnn2CC(C)C)cc1Cl. The number of carbonyl (C=O) groups is 1. The van der Waals surface area contributed by atoms with E-state index in [2.05, 4.69) is 34.7 Å². The van der Waals surface area contributed by atoms with Gasteiger partial charge in [0, 0.05) is 17.3 Å². The monoisotopic (exact) mass is 339 g/mol. The molecule has 2 rings (SSSR count). The lowest BCUT2D eigenvalue weighted by Gasteiger charge is -2.08. The second-order valence-corrected chi connectivity index (χ2v) is 6.69. The molecule has 0 fully saturated rings. The fourth-order valence-electron chi connectivity index (χ4n) is 1.76. The lowest BCUT2D eigenvalue weighted by Crippen LogP contribution is -2.15. The molecular formula is C14H18ClN5OS. The van der Waals surface area contributed by atoms with Crippen molar-refractivity contribution in [2.45, 2.75) is 32.5 Å². The van der Waals surface area contributed by atoms with Gasteiger partial charge in [0.15, 0.2) is 0 Å². The third-order valence-corrected chi connectivity index (χ3v) is 4.19. The van der Waals surface area contributed by atoms with Crippen LogP contribution in [0.15, 0.2) is 23.4 Å². The zero-order valence-corrected chi connectivity index (χ0v) is 14.3. The van der Waals surface area contributed by atoms with Gasteiger partial charge >= 0.3 is 0 Å². The molecule has 1 aromatic carbocycles. The molecule has 0 spiro atoms. The fourth-order valence-corrected chi connectivity index (χ4v) is 2.63. The number of anilines is 1. The van der Waals surface area contributed by atoms with E-state index in [0.29, 0.717) is 21.8 Å². The van der Waals surface area contributed by atoms with E-state index < -0.39 is 0 Å². The van der Waals surface area contributed by atoms with Crippen molar-refractivity contribution in [3.8, 4) is 0 Å². The first-order chi connectivity index (χ1) is 10.5. The summed E-state index contributed by atoms with van der Waals surface area (Å²) in [7, 11) is 0. The van der Waals surface area contributed by atoms with Crippen LogP contribution >= 0.6 is 23.4 Å². The Morgan fingerprint density at radius 1 is 1.45 bits per heavy atom. The summed E-state index contributed by atoms with van der Waals surface area (Å²) in [6, 6.07) is 5.43. The molecule has 8 heteroatoms.